The lowest BCUT2D eigenvalue weighted by atomic mass is 10.1. The van der Waals surface area contributed by atoms with Crippen LogP contribution in [0, 0.1) is 17.0 Å². The van der Waals surface area contributed by atoms with Crippen LogP contribution in [-0.4, -0.2) is 25.8 Å². The molecule has 1 amide bonds. The van der Waals surface area contributed by atoms with Gasteiger partial charge < -0.3 is 9.84 Å². The maximum atomic E-state index is 12.5. The van der Waals surface area contributed by atoms with Gasteiger partial charge in [0.05, 0.1) is 33.4 Å². The third kappa shape index (κ3) is 3.68. The van der Waals surface area contributed by atoms with E-state index in [1.165, 1.54) is 23.0 Å². The summed E-state index contributed by atoms with van der Waals surface area (Å²) in [7, 11) is 0. The van der Waals surface area contributed by atoms with Crippen LogP contribution in [0.3, 0.4) is 0 Å². The Labute approximate surface area is 156 Å². The first-order chi connectivity index (χ1) is 12.3. The standard InChI is InChI=1S/C15H11Cl2N5O4/c1-8-11(7-21-6-9(16)5-18-21)14(20-26-8)15(23)19-13-3-2-10(22(24)25)4-12(13)17/h2-6H,7H2,1H3,(H,19,23). The number of halogens is 2. The zero-order chi connectivity index (χ0) is 18.8. The van der Waals surface area contributed by atoms with Gasteiger partial charge in [0.25, 0.3) is 11.6 Å². The van der Waals surface area contributed by atoms with Gasteiger partial charge in [-0.05, 0) is 13.0 Å². The van der Waals surface area contributed by atoms with Gasteiger partial charge in [-0.3, -0.25) is 19.6 Å². The van der Waals surface area contributed by atoms with E-state index >= 15 is 0 Å². The molecule has 0 aliphatic rings. The largest absolute Gasteiger partial charge is 0.361 e. The third-order valence-corrected chi connectivity index (χ3v) is 4.04. The molecule has 1 aromatic carbocycles. The fraction of sp³-hybridized carbons (Fsp3) is 0.133. The monoisotopic (exact) mass is 395 g/mol. The Hall–Kier alpha value is -2.91. The van der Waals surface area contributed by atoms with Crippen molar-refractivity contribution in [2.75, 3.05) is 5.32 Å². The summed E-state index contributed by atoms with van der Waals surface area (Å²) in [6.45, 7) is 1.90. The van der Waals surface area contributed by atoms with Crippen molar-refractivity contribution < 1.29 is 14.2 Å². The minimum absolute atomic E-state index is 0.0353. The highest BCUT2D eigenvalue weighted by Crippen LogP contribution is 2.27. The van der Waals surface area contributed by atoms with Crippen LogP contribution in [-0.2, 0) is 6.54 Å². The normalized spacial score (nSPS) is 10.7. The molecule has 0 aliphatic heterocycles. The fourth-order valence-electron chi connectivity index (χ4n) is 2.24. The number of benzene rings is 1. The summed E-state index contributed by atoms with van der Waals surface area (Å²) in [6.07, 6.45) is 3.07. The molecule has 26 heavy (non-hydrogen) atoms. The predicted octanol–water partition coefficient (Wildman–Crippen LogP) is 3.70. The number of hydrogen-bond acceptors (Lipinski definition) is 6. The number of nitro groups is 1. The number of non-ortho nitro benzene ring substituents is 1. The van der Waals surface area contributed by atoms with Gasteiger partial charge in [-0.25, -0.2) is 0 Å². The molecule has 0 radical (unpaired) electrons. The van der Waals surface area contributed by atoms with E-state index in [9.17, 15) is 14.9 Å². The van der Waals surface area contributed by atoms with Crippen LogP contribution in [0.5, 0.6) is 0 Å². The van der Waals surface area contributed by atoms with E-state index in [1.54, 1.807) is 13.1 Å². The summed E-state index contributed by atoms with van der Waals surface area (Å²) >= 11 is 11.8. The minimum Gasteiger partial charge on any atom is -0.361 e. The van der Waals surface area contributed by atoms with E-state index in [0.29, 0.717) is 16.3 Å². The second kappa shape index (κ2) is 7.14. The molecule has 0 saturated carbocycles. The lowest BCUT2D eigenvalue weighted by Crippen LogP contribution is -2.16. The van der Waals surface area contributed by atoms with Crippen molar-refractivity contribution in [3.8, 4) is 0 Å². The Kier molecular flexibility index (Phi) is 4.92. The van der Waals surface area contributed by atoms with Gasteiger partial charge in [0, 0.05) is 23.9 Å². The molecule has 9 nitrogen and oxygen atoms in total. The van der Waals surface area contributed by atoms with Crippen LogP contribution in [0.25, 0.3) is 0 Å². The van der Waals surface area contributed by atoms with Gasteiger partial charge in [-0.15, -0.1) is 0 Å². The number of nitrogens with zero attached hydrogens (tertiary/aromatic N) is 4. The summed E-state index contributed by atoms with van der Waals surface area (Å²) in [4.78, 5) is 22.7. The number of nitro benzene ring substituents is 1. The molecule has 11 heteroatoms. The van der Waals surface area contributed by atoms with Crippen molar-refractivity contribution in [2.24, 2.45) is 0 Å². The third-order valence-electron chi connectivity index (χ3n) is 3.53. The minimum atomic E-state index is -0.578. The fourth-order valence-corrected chi connectivity index (χ4v) is 2.62. The van der Waals surface area contributed by atoms with Crippen molar-refractivity contribution in [2.45, 2.75) is 13.5 Å². The molecule has 3 aromatic rings. The lowest BCUT2D eigenvalue weighted by molar-refractivity contribution is -0.384. The molecule has 0 saturated heterocycles. The van der Waals surface area contributed by atoms with Gasteiger partial charge in [0.2, 0.25) is 0 Å². The van der Waals surface area contributed by atoms with E-state index in [2.05, 4.69) is 15.6 Å². The molecule has 1 N–H and O–H groups in total. The Morgan fingerprint density at radius 1 is 1.42 bits per heavy atom. The molecule has 0 fully saturated rings. The van der Waals surface area contributed by atoms with E-state index in [-0.39, 0.29) is 28.6 Å². The second-order valence-electron chi connectivity index (χ2n) is 5.30. The molecule has 0 spiro atoms. The Morgan fingerprint density at radius 2 is 2.19 bits per heavy atom. The molecule has 0 unspecified atom stereocenters. The molecular weight excluding hydrogens is 385 g/mol. The molecule has 0 bridgehead atoms. The van der Waals surface area contributed by atoms with Crippen LogP contribution in [0.1, 0.15) is 21.8 Å². The molecule has 134 valence electrons. The molecule has 2 heterocycles. The first-order valence-electron chi connectivity index (χ1n) is 7.23. The highest BCUT2D eigenvalue weighted by molar-refractivity contribution is 6.34. The van der Waals surface area contributed by atoms with Gasteiger partial charge in [-0.1, -0.05) is 28.4 Å². The van der Waals surface area contributed by atoms with Gasteiger partial charge in [0.15, 0.2) is 5.69 Å². The van der Waals surface area contributed by atoms with Crippen molar-refractivity contribution in [3.63, 3.8) is 0 Å². The van der Waals surface area contributed by atoms with E-state index in [1.807, 2.05) is 0 Å². The number of rotatable bonds is 5. The SMILES string of the molecule is Cc1onc(C(=O)Nc2ccc([N+](=O)[O-])cc2Cl)c1Cn1cc(Cl)cn1. The number of carbonyl (C=O) groups is 1. The maximum Gasteiger partial charge on any atom is 0.278 e. The van der Waals surface area contributed by atoms with Crippen LogP contribution < -0.4 is 5.32 Å². The van der Waals surface area contributed by atoms with E-state index < -0.39 is 10.8 Å². The quantitative estimate of drug-likeness (QED) is 0.519. The summed E-state index contributed by atoms with van der Waals surface area (Å²) in [5, 5.41) is 21.6. The van der Waals surface area contributed by atoms with Crippen molar-refractivity contribution in [1.82, 2.24) is 14.9 Å². The highest BCUT2D eigenvalue weighted by Gasteiger charge is 2.22. The number of amides is 1. The van der Waals surface area contributed by atoms with Gasteiger partial charge in [-0.2, -0.15) is 5.10 Å². The van der Waals surface area contributed by atoms with Crippen LogP contribution in [0.4, 0.5) is 11.4 Å². The highest BCUT2D eigenvalue weighted by atomic mass is 35.5. The maximum absolute atomic E-state index is 12.5. The average molecular weight is 396 g/mol. The Morgan fingerprint density at radius 3 is 2.81 bits per heavy atom. The van der Waals surface area contributed by atoms with Crippen LogP contribution >= 0.6 is 23.2 Å². The van der Waals surface area contributed by atoms with Crippen LogP contribution in [0.2, 0.25) is 10.0 Å². The van der Waals surface area contributed by atoms with Crippen LogP contribution in [0.15, 0.2) is 35.1 Å². The Bertz CT molecular complexity index is 998. The Balaban J connectivity index is 1.83. The van der Waals surface area contributed by atoms with Gasteiger partial charge >= 0.3 is 0 Å². The number of aryl methyl sites for hydroxylation is 1. The molecular formula is C15H11Cl2N5O4. The zero-order valence-electron chi connectivity index (χ0n) is 13.3. The van der Waals surface area contributed by atoms with Gasteiger partial charge in [0.1, 0.15) is 5.76 Å². The van der Waals surface area contributed by atoms with Crippen molar-refractivity contribution >= 4 is 40.5 Å². The predicted molar refractivity (Wildman–Crippen MR) is 93.6 cm³/mol. The number of carbonyl (C=O) groups excluding carboxylic acids is 1. The van der Waals surface area contributed by atoms with E-state index in [0.717, 1.165) is 6.07 Å². The van der Waals surface area contributed by atoms with Crippen molar-refractivity contribution in [3.05, 3.63) is 67.8 Å². The summed E-state index contributed by atoms with van der Waals surface area (Å²) in [5.74, 6) is -0.109. The van der Waals surface area contributed by atoms with E-state index in [4.69, 9.17) is 27.7 Å². The number of anilines is 1. The molecule has 0 atom stereocenters. The number of hydrogen-bond donors (Lipinski definition) is 1. The summed E-state index contributed by atoms with van der Waals surface area (Å²) in [5.41, 5.74) is 0.626. The van der Waals surface area contributed by atoms with Crippen molar-refractivity contribution in [1.29, 1.82) is 0 Å². The molecule has 3 rings (SSSR count). The smallest absolute Gasteiger partial charge is 0.278 e. The number of aromatic nitrogens is 3. The zero-order valence-corrected chi connectivity index (χ0v) is 14.8. The molecule has 2 aromatic heterocycles. The summed E-state index contributed by atoms with van der Waals surface area (Å²) in [6, 6.07) is 3.73. The second-order valence-corrected chi connectivity index (χ2v) is 6.14. The molecule has 0 aliphatic carbocycles. The first-order valence-corrected chi connectivity index (χ1v) is 7.99. The summed E-state index contributed by atoms with van der Waals surface area (Å²) < 4.78 is 6.65. The first kappa shape index (κ1) is 17.9. The lowest BCUT2D eigenvalue weighted by Gasteiger charge is -2.07. The topological polar surface area (TPSA) is 116 Å². The number of nitrogens with one attached hydrogen (secondary N) is 1. The average Bonchev–Trinajstić information content (AvgIpc) is 3.16.